The number of nitrogens with one attached hydrogen (secondary N) is 2. The highest BCUT2D eigenvalue weighted by molar-refractivity contribution is 7.89. The van der Waals surface area contributed by atoms with Crippen LogP contribution in [0.4, 0.5) is 0 Å². The van der Waals surface area contributed by atoms with Gasteiger partial charge in [0.1, 0.15) is 5.75 Å². The van der Waals surface area contributed by atoms with Gasteiger partial charge in [0.2, 0.25) is 10.0 Å². The van der Waals surface area contributed by atoms with E-state index in [4.69, 9.17) is 9.84 Å². The lowest BCUT2D eigenvalue weighted by Gasteiger charge is -2.12. The van der Waals surface area contributed by atoms with E-state index in [2.05, 4.69) is 10.0 Å². The summed E-state index contributed by atoms with van der Waals surface area (Å²) >= 11 is 0. The lowest BCUT2D eigenvalue weighted by atomic mass is 10.2. The van der Waals surface area contributed by atoms with Gasteiger partial charge in [-0.3, -0.25) is 4.79 Å². The van der Waals surface area contributed by atoms with Crippen molar-refractivity contribution in [2.24, 2.45) is 0 Å². The number of rotatable bonds is 9. The van der Waals surface area contributed by atoms with Crippen LogP contribution >= 0.6 is 0 Å². The van der Waals surface area contributed by atoms with Gasteiger partial charge in [-0.2, -0.15) is 0 Å². The summed E-state index contributed by atoms with van der Waals surface area (Å²) in [5.41, 5.74) is 1.46. The highest BCUT2D eigenvalue weighted by Gasteiger charge is 2.15. The van der Waals surface area contributed by atoms with Crippen molar-refractivity contribution in [3.05, 3.63) is 59.7 Å². The van der Waals surface area contributed by atoms with Gasteiger partial charge in [-0.1, -0.05) is 30.3 Å². The van der Waals surface area contributed by atoms with Gasteiger partial charge in [-0.25, -0.2) is 13.1 Å². The van der Waals surface area contributed by atoms with Crippen LogP contribution in [0.25, 0.3) is 0 Å². The van der Waals surface area contributed by atoms with E-state index in [1.54, 1.807) is 6.92 Å². The summed E-state index contributed by atoms with van der Waals surface area (Å²) in [6, 6.07) is 13.7. The number of aryl methyl sites for hydroxylation is 1. The van der Waals surface area contributed by atoms with Gasteiger partial charge in [-0.05, 0) is 36.2 Å². The van der Waals surface area contributed by atoms with E-state index in [0.717, 1.165) is 5.56 Å². The lowest BCUT2D eigenvalue weighted by molar-refractivity contribution is -0.123. The van der Waals surface area contributed by atoms with Crippen molar-refractivity contribution in [2.45, 2.75) is 18.4 Å². The molecule has 0 unspecified atom stereocenters. The number of benzene rings is 2. The normalized spacial score (nSPS) is 11.2. The predicted molar refractivity (Wildman–Crippen MR) is 97.2 cm³/mol. The van der Waals surface area contributed by atoms with Crippen molar-refractivity contribution in [1.29, 1.82) is 0 Å². The molecule has 0 aliphatic carbocycles. The molecular weight excluding hydrogens is 356 g/mol. The molecule has 7 nitrogen and oxygen atoms in total. The fourth-order valence-electron chi connectivity index (χ4n) is 2.20. The van der Waals surface area contributed by atoms with Crippen LogP contribution < -0.4 is 14.8 Å². The molecule has 0 atom stereocenters. The lowest BCUT2D eigenvalue weighted by Crippen LogP contribution is -2.31. The first kappa shape index (κ1) is 19.9. The van der Waals surface area contributed by atoms with Gasteiger partial charge < -0.3 is 15.2 Å². The molecule has 0 heterocycles. The van der Waals surface area contributed by atoms with Crippen LogP contribution in [0, 0.1) is 6.92 Å². The zero-order valence-electron chi connectivity index (χ0n) is 14.4. The summed E-state index contributed by atoms with van der Waals surface area (Å²) in [6.45, 7) is 1.71. The van der Waals surface area contributed by atoms with Gasteiger partial charge in [0, 0.05) is 13.1 Å². The Hall–Kier alpha value is -2.42. The van der Waals surface area contributed by atoms with Gasteiger partial charge in [0.25, 0.3) is 5.91 Å². The van der Waals surface area contributed by atoms with Crippen molar-refractivity contribution >= 4 is 15.9 Å². The molecule has 0 aromatic heterocycles. The van der Waals surface area contributed by atoms with E-state index in [9.17, 15) is 13.2 Å². The molecule has 3 N–H and O–H groups in total. The van der Waals surface area contributed by atoms with E-state index < -0.39 is 10.0 Å². The van der Waals surface area contributed by atoms with E-state index in [-0.39, 0.29) is 37.1 Å². The Balaban J connectivity index is 1.99. The Kier molecular flexibility index (Phi) is 7.14. The molecule has 0 aliphatic heterocycles. The Labute approximate surface area is 153 Å². The maximum atomic E-state index is 12.4. The molecule has 0 bridgehead atoms. The third-order valence-electron chi connectivity index (χ3n) is 3.56. The summed E-state index contributed by atoms with van der Waals surface area (Å²) in [5, 5.41) is 11.1. The van der Waals surface area contributed by atoms with Crippen LogP contribution in [0.3, 0.4) is 0 Å². The van der Waals surface area contributed by atoms with Gasteiger partial charge in [-0.15, -0.1) is 0 Å². The van der Waals surface area contributed by atoms with Crippen LogP contribution in [0.15, 0.2) is 53.4 Å². The zero-order chi connectivity index (χ0) is 19.0. The number of aliphatic hydroxyl groups is 1. The van der Waals surface area contributed by atoms with Crippen molar-refractivity contribution in [2.75, 3.05) is 19.8 Å². The van der Waals surface area contributed by atoms with Crippen molar-refractivity contribution < 1.29 is 23.1 Å². The standard InChI is InChI=1S/C18H22N2O5S/c1-14-11-16(7-8-17(14)25-13-18(22)19-9-10-21)26(23,24)20-12-15-5-3-2-4-6-15/h2-8,11,20-21H,9-10,12-13H2,1H3,(H,19,22). The van der Waals surface area contributed by atoms with Crippen LogP contribution in [0.2, 0.25) is 0 Å². The minimum atomic E-state index is -3.65. The molecule has 2 aromatic rings. The fourth-order valence-corrected chi connectivity index (χ4v) is 3.30. The number of hydrogen-bond donors (Lipinski definition) is 3. The average molecular weight is 378 g/mol. The smallest absolute Gasteiger partial charge is 0.258 e. The SMILES string of the molecule is Cc1cc(S(=O)(=O)NCc2ccccc2)ccc1OCC(=O)NCCO. The summed E-state index contributed by atoms with van der Waals surface area (Å²) in [5.74, 6) is 0.0610. The Morgan fingerprint density at radius 2 is 1.88 bits per heavy atom. The number of carbonyl (C=O) groups excluding carboxylic acids is 1. The molecule has 0 aliphatic rings. The summed E-state index contributed by atoms with van der Waals surface area (Å²) < 4.78 is 32.8. The molecular formula is C18H22N2O5S. The molecule has 140 valence electrons. The summed E-state index contributed by atoms with van der Waals surface area (Å²) in [6.07, 6.45) is 0. The maximum absolute atomic E-state index is 12.4. The summed E-state index contributed by atoms with van der Waals surface area (Å²) in [7, 11) is -3.65. The van der Waals surface area contributed by atoms with Crippen molar-refractivity contribution in [1.82, 2.24) is 10.0 Å². The highest BCUT2D eigenvalue weighted by Crippen LogP contribution is 2.22. The number of ether oxygens (including phenoxy) is 1. The average Bonchev–Trinajstić information content (AvgIpc) is 2.64. The molecule has 0 saturated heterocycles. The molecule has 2 aromatic carbocycles. The van der Waals surface area contributed by atoms with E-state index in [1.807, 2.05) is 30.3 Å². The predicted octanol–water partition coefficient (Wildman–Crippen LogP) is 0.961. The molecule has 2 rings (SSSR count). The molecule has 1 amide bonds. The van der Waals surface area contributed by atoms with Gasteiger partial charge in [0.05, 0.1) is 11.5 Å². The van der Waals surface area contributed by atoms with E-state index in [0.29, 0.717) is 11.3 Å². The first-order valence-electron chi connectivity index (χ1n) is 8.07. The largest absolute Gasteiger partial charge is 0.484 e. The third-order valence-corrected chi connectivity index (χ3v) is 4.96. The first-order valence-corrected chi connectivity index (χ1v) is 9.55. The van der Waals surface area contributed by atoms with Gasteiger partial charge >= 0.3 is 0 Å². The van der Waals surface area contributed by atoms with Crippen LogP contribution in [-0.2, 0) is 21.4 Å². The van der Waals surface area contributed by atoms with E-state index >= 15 is 0 Å². The second kappa shape index (κ2) is 9.33. The minimum Gasteiger partial charge on any atom is -0.484 e. The number of sulfonamides is 1. The quantitative estimate of drug-likeness (QED) is 0.603. The van der Waals surface area contributed by atoms with E-state index in [1.165, 1.54) is 18.2 Å². The number of carbonyl (C=O) groups is 1. The molecule has 0 fully saturated rings. The molecule has 8 heteroatoms. The van der Waals surface area contributed by atoms with Crippen molar-refractivity contribution in [3.8, 4) is 5.75 Å². The molecule has 0 spiro atoms. The topological polar surface area (TPSA) is 105 Å². The Morgan fingerprint density at radius 3 is 2.54 bits per heavy atom. The first-order chi connectivity index (χ1) is 12.4. The van der Waals surface area contributed by atoms with Crippen LogP contribution in [-0.4, -0.2) is 39.2 Å². The monoisotopic (exact) mass is 378 g/mol. The molecule has 0 saturated carbocycles. The van der Waals surface area contributed by atoms with Gasteiger partial charge in [0.15, 0.2) is 6.61 Å². The fraction of sp³-hybridized carbons (Fsp3) is 0.278. The second-order valence-electron chi connectivity index (χ2n) is 5.60. The summed E-state index contributed by atoms with van der Waals surface area (Å²) in [4.78, 5) is 11.6. The van der Waals surface area contributed by atoms with Crippen molar-refractivity contribution in [3.63, 3.8) is 0 Å². The van der Waals surface area contributed by atoms with Crippen LogP contribution in [0.1, 0.15) is 11.1 Å². The highest BCUT2D eigenvalue weighted by atomic mass is 32.2. The molecule has 0 radical (unpaired) electrons. The zero-order valence-corrected chi connectivity index (χ0v) is 15.3. The Bertz CT molecular complexity index is 838. The molecule has 26 heavy (non-hydrogen) atoms. The third kappa shape index (κ3) is 5.83. The minimum absolute atomic E-state index is 0.128. The number of aliphatic hydroxyl groups excluding tert-OH is 1. The second-order valence-corrected chi connectivity index (χ2v) is 7.37. The maximum Gasteiger partial charge on any atom is 0.258 e. The Morgan fingerprint density at radius 1 is 1.15 bits per heavy atom. The van der Waals surface area contributed by atoms with Crippen LogP contribution in [0.5, 0.6) is 5.75 Å². The number of hydrogen-bond acceptors (Lipinski definition) is 5. The number of amides is 1.